The predicted molar refractivity (Wildman–Crippen MR) is 218 cm³/mol. The lowest BCUT2D eigenvalue weighted by Gasteiger charge is -2.52. The Morgan fingerprint density at radius 1 is 1.07 bits per heavy atom. The largest absolute Gasteiger partial charge is 0.487 e. The van der Waals surface area contributed by atoms with E-state index in [1.165, 1.54) is 0 Å². The number of nitrogens with zero attached hydrogens (tertiary/aromatic N) is 3. The third kappa shape index (κ3) is 9.90. The van der Waals surface area contributed by atoms with Crippen LogP contribution in [0.25, 0.3) is 0 Å². The molecule has 2 fully saturated rings. The molecule has 2 aromatic rings. The van der Waals surface area contributed by atoms with Crippen molar-refractivity contribution in [2.75, 3.05) is 64.4 Å². The lowest BCUT2D eigenvalue weighted by atomic mass is 9.63. The highest BCUT2D eigenvalue weighted by Crippen LogP contribution is 2.47. The molecule has 6 atom stereocenters. The Labute approximate surface area is 337 Å². The van der Waals surface area contributed by atoms with Crippen molar-refractivity contribution in [2.24, 2.45) is 17.8 Å². The van der Waals surface area contributed by atoms with Crippen molar-refractivity contribution in [1.82, 2.24) is 14.5 Å². The van der Waals surface area contributed by atoms with Crippen molar-refractivity contribution in [3.63, 3.8) is 0 Å². The number of benzene rings is 2. The number of aryl methyl sites for hydroxylation is 1. The molecule has 1 saturated heterocycles. The van der Waals surface area contributed by atoms with Gasteiger partial charge in [-0.05, 0) is 111 Å². The second kappa shape index (κ2) is 18.6. The Morgan fingerprint density at radius 3 is 2.55 bits per heavy atom. The van der Waals surface area contributed by atoms with E-state index in [9.17, 15) is 28.2 Å². The summed E-state index contributed by atoms with van der Waals surface area (Å²) in [5.74, 6) is -0.746. The van der Waals surface area contributed by atoms with Crippen molar-refractivity contribution < 1.29 is 37.7 Å². The smallest absolute Gasteiger partial charge is 0.304 e. The zero-order chi connectivity index (χ0) is 40.0. The summed E-state index contributed by atoms with van der Waals surface area (Å²) >= 11 is 6.40. The molecule has 1 saturated carbocycles. The van der Waals surface area contributed by atoms with Crippen LogP contribution in [-0.2, 0) is 32.6 Å². The third-order valence-electron chi connectivity index (χ3n) is 12.8. The zero-order valence-corrected chi connectivity index (χ0v) is 34.6. The van der Waals surface area contributed by atoms with Crippen molar-refractivity contribution in [1.29, 1.82) is 0 Å². The van der Waals surface area contributed by atoms with Crippen LogP contribution in [0.3, 0.4) is 0 Å². The molecule has 0 spiro atoms. The molecule has 1 aliphatic carbocycles. The molecule has 14 heteroatoms. The molecule has 308 valence electrons. The Bertz CT molecular complexity index is 1840. The summed E-state index contributed by atoms with van der Waals surface area (Å²) in [6, 6.07) is 10.9. The minimum absolute atomic E-state index is 0.00147. The maximum Gasteiger partial charge on any atom is 0.304 e. The van der Waals surface area contributed by atoms with Gasteiger partial charge in [-0.15, -0.1) is 0 Å². The number of carbonyl (C=O) groups excluding carboxylic acids is 1. The number of carbonyl (C=O) groups is 2. The van der Waals surface area contributed by atoms with Gasteiger partial charge < -0.3 is 24.6 Å². The average Bonchev–Trinajstić information content (AvgIpc) is 3.18. The number of piperazine rings is 1. The van der Waals surface area contributed by atoms with Crippen LogP contribution in [0.2, 0.25) is 5.02 Å². The van der Waals surface area contributed by atoms with E-state index >= 15 is 0 Å². The van der Waals surface area contributed by atoms with Gasteiger partial charge in [-0.1, -0.05) is 36.7 Å². The van der Waals surface area contributed by atoms with Crippen molar-refractivity contribution >= 4 is 39.2 Å². The van der Waals surface area contributed by atoms with Gasteiger partial charge in [0.25, 0.3) is 5.91 Å². The minimum atomic E-state index is -4.01. The van der Waals surface area contributed by atoms with Crippen molar-refractivity contribution in [3.8, 4) is 5.75 Å². The van der Waals surface area contributed by atoms with E-state index in [1.807, 2.05) is 25.1 Å². The number of nitrogens with one attached hydrogen (secondary N) is 1. The Hall–Kier alpha value is -3.20. The molecule has 0 radical (unpaired) electrons. The number of carboxylic acids is 1. The first-order chi connectivity index (χ1) is 26.8. The van der Waals surface area contributed by atoms with Gasteiger partial charge in [0, 0.05) is 76.2 Å². The minimum Gasteiger partial charge on any atom is -0.487 e. The fourth-order valence-electron chi connectivity index (χ4n) is 9.03. The monoisotopic (exact) mass is 814 g/mol. The number of hydrogen-bond acceptors (Lipinski definition) is 10. The van der Waals surface area contributed by atoms with E-state index in [0.717, 1.165) is 68.6 Å². The summed E-state index contributed by atoms with van der Waals surface area (Å²) in [6.07, 6.45) is 9.80. The molecule has 0 aromatic heterocycles. The first-order valence-corrected chi connectivity index (χ1v) is 22.1. The maximum atomic E-state index is 13.6. The zero-order valence-electron chi connectivity index (χ0n) is 33.0. The summed E-state index contributed by atoms with van der Waals surface area (Å²) in [6.45, 7) is 8.73. The number of halogens is 1. The molecule has 0 unspecified atom stereocenters. The number of amides is 1. The van der Waals surface area contributed by atoms with Crippen LogP contribution >= 0.6 is 11.6 Å². The second-order valence-corrected chi connectivity index (χ2v) is 18.7. The van der Waals surface area contributed by atoms with Crippen molar-refractivity contribution in [2.45, 2.75) is 88.7 Å². The van der Waals surface area contributed by atoms with Crippen LogP contribution in [0.4, 0.5) is 5.69 Å². The number of aliphatic hydroxyl groups is 1. The Balaban J connectivity index is 1.33. The first-order valence-electron chi connectivity index (χ1n) is 20.2. The van der Waals surface area contributed by atoms with Crippen LogP contribution in [0.5, 0.6) is 5.75 Å². The first kappa shape index (κ1) is 42.4. The van der Waals surface area contributed by atoms with Gasteiger partial charge in [0.05, 0.1) is 17.4 Å². The number of aliphatic hydroxyl groups excluding tert-OH is 1. The van der Waals surface area contributed by atoms with Gasteiger partial charge in [0.1, 0.15) is 18.0 Å². The molecule has 12 nitrogen and oxygen atoms in total. The van der Waals surface area contributed by atoms with E-state index < -0.39 is 32.8 Å². The van der Waals surface area contributed by atoms with E-state index in [-0.39, 0.29) is 42.4 Å². The lowest BCUT2D eigenvalue weighted by Crippen LogP contribution is -2.59. The Morgan fingerprint density at radius 2 is 1.86 bits per heavy atom. The number of methoxy groups -OCH3 is 1. The van der Waals surface area contributed by atoms with Crippen LogP contribution in [0, 0.1) is 17.8 Å². The predicted octanol–water partition coefficient (Wildman–Crippen LogP) is 5.36. The number of hydrogen-bond donors (Lipinski definition) is 3. The molecular formula is C42H59ClN4O8S. The number of fused-ring (bicyclic) bond motifs is 3. The number of carboxylic acid groups (broad SMARTS) is 1. The molecule has 6 rings (SSSR count). The van der Waals surface area contributed by atoms with Crippen LogP contribution in [-0.4, -0.2) is 117 Å². The molecule has 56 heavy (non-hydrogen) atoms. The van der Waals surface area contributed by atoms with Crippen LogP contribution in [0.15, 0.2) is 48.6 Å². The standard InChI is InChI=1S/C42H59ClN4O8S/c1-29-7-6-16-42(54-3,28-45-18-20-46(21-19-45)36(15-22-48)25-40(49)50)37-13-10-33(37)26-47-17-5-4-8-31-23-35(43)12-9-34(31)27-55-39-14-11-32(24-38(39)47)41(51)44-56(52,53)30(29)2/h6,9,11-12,14,16,23-24,29-30,33,36-37,48H,4-5,7-8,10,13,15,17-22,25-28H2,1-3H3,(H,44,51)(H,49,50)/b16-6+/t29-,30+,33-,36+,37+,42+/m0/s1. The summed E-state index contributed by atoms with van der Waals surface area (Å²) < 4.78 is 42.7. The van der Waals surface area contributed by atoms with Gasteiger partial charge in [-0.3, -0.25) is 19.4 Å². The number of rotatable bonds is 8. The topological polar surface area (TPSA) is 149 Å². The molecule has 1 amide bonds. The summed E-state index contributed by atoms with van der Waals surface area (Å²) in [7, 11) is -2.24. The SMILES string of the molecule is CO[C@@]1(CN2CCN([C@H](CCO)CC(=O)O)CC2)/C=C/C[C@H](C)[C@@H](C)S(=O)(=O)NC(=O)c2ccc3c(c2)N(CCCCc2cc(Cl)ccc2CO3)C[C@@H]2CC[C@H]21. The van der Waals surface area contributed by atoms with Crippen molar-refractivity contribution in [3.05, 3.63) is 70.3 Å². The van der Waals surface area contributed by atoms with Gasteiger partial charge in [-0.2, -0.15) is 0 Å². The molecule has 3 N–H and O–H groups in total. The quantitative estimate of drug-likeness (QED) is 0.296. The normalized spacial score (nSPS) is 28.9. The molecule has 2 aromatic carbocycles. The average molecular weight is 815 g/mol. The molecular weight excluding hydrogens is 756 g/mol. The molecule has 3 heterocycles. The van der Waals surface area contributed by atoms with Gasteiger partial charge >= 0.3 is 5.97 Å². The van der Waals surface area contributed by atoms with E-state index in [2.05, 4.69) is 31.6 Å². The van der Waals surface area contributed by atoms with Crippen LogP contribution in [0.1, 0.15) is 80.3 Å². The highest BCUT2D eigenvalue weighted by molar-refractivity contribution is 7.90. The number of anilines is 1. The number of sulfonamides is 1. The highest BCUT2D eigenvalue weighted by Gasteiger charge is 2.48. The highest BCUT2D eigenvalue weighted by atomic mass is 35.5. The van der Waals surface area contributed by atoms with Gasteiger partial charge in [0.2, 0.25) is 10.0 Å². The molecule has 4 aliphatic rings. The van der Waals surface area contributed by atoms with Gasteiger partial charge in [0.15, 0.2) is 0 Å². The number of allylic oxidation sites excluding steroid dienone is 1. The summed E-state index contributed by atoms with van der Waals surface area (Å²) in [5.41, 5.74) is 2.59. The van der Waals surface area contributed by atoms with E-state index in [0.29, 0.717) is 56.4 Å². The summed E-state index contributed by atoms with van der Waals surface area (Å²) in [4.78, 5) is 32.1. The van der Waals surface area contributed by atoms with E-state index in [4.69, 9.17) is 21.1 Å². The van der Waals surface area contributed by atoms with Gasteiger partial charge in [-0.25, -0.2) is 13.1 Å². The Kier molecular flexibility index (Phi) is 14.1. The van der Waals surface area contributed by atoms with E-state index in [1.54, 1.807) is 32.2 Å². The summed E-state index contributed by atoms with van der Waals surface area (Å²) in [5, 5.41) is 19.0. The lowest BCUT2D eigenvalue weighted by molar-refractivity contribution is -0.138. The fourth-order valence-corrected chi connectivity index (χ4v) is 10.5. The third-order valence-corrected chi connectivity index (χ3v) is 15.0. The number of ether oxygens (including phenoxy) is 2. The molecule has 3 aliphatic heterocycles. The molecule has 2 bridgehead atoms. The number of aliphatic carboxylic acids is 1. The maximum absolute atomic E-state index is 13.6. The second-order valence-electron chi connectivity index (χ2n) is 16.3. The fraction of sp³-hybridized carbons (Fsp3) is 0.619. The van der Waals surface area contributed by atoms with Crippen LogP contribution < -0.4 is 14.4 Å².